The van der Waals surface area contributed by atoms with Crippen LogP contribution in [0, 0.1) is 0 Å². The largest absolute Gasteiger partial charge is 0.287 e. The summed E-state index contributed by atoms with van der Waals surface area (Å²) < 4.78 is 0.865. The van der Waals surface area contributed by atoms with Gasteiger partial charge in [0.25, 0.3) is 0 Å². The topological polar surface area (TPSA) is 3.24 Å². The molecule has 0 aliphatic carbocycles. The summed E-state index contributed by atoms with van der Waals surface area (Å²) in [6.45, 7) is 2.47. The van der Waals surface area contributed by atoms with Crippen LogP contribution in [0.25, 0.3) is 11.1 Å². The van der Waals surface area contributed by atoms with Crippen molar-refractivity contribution < 1.29 is 0 Å². The lowest BCUT2D eigenvalue weighted by molar-refractivity contribution is 0.270. The third-order valence-electron chi connectivity index (χ3n) is 5.56. The normalized spacial score (nSPS) is 28.9. The van der Waals surface area contributed by atoms with Gasteiger partial charge in [0.15, 0.2) is 5.69 Å². The summed E-state index contributed by atoms with van der Waals surface area (Å²) in [5.74, 6) is 0. The molecule has 2 aromatic rings. The van der Waals surface area contributed by atoms with E-state index in [0.717, 1.165) is 4.48 Å². The molecule has 0 radical (unpaired) electrons. The van der Waals surface area contributed by atoms with Crippen LogP contribution in [0.15, 0.2) is 59.8 Å². The molecule has 5 rings (SSSR count). The highest BCUT2D eigenvalue weighted by Gasteiger charge is 2.52. The van der Waals surface area contributed by atoms with Gasteiger partial charge in [-0.2, -0.15) is 0 Å². The molecule has 2 atom stereocenters. The second kappa shape index (κ2) is 4.91. The fourth-order valence-electron chi connectivity index (χ4n) is 4.45. The maximum Gasteiger partial charge on any atom is 0.166 e. The van der Waals surface area contributed by atoms with Crippen LogP contribution in [0.3, 0.4) is 0 Å². The first-order valence-electron chi connectivity index (χ1n) is 8.47. The quantitative estimate of drug-likeness (QED) is 0.710. The molecule has 0 spiro atoms. The van der Waals surface area contributed by atoms with Crippen molar-refractivity contribution in [3.63, 3.8) is 0 Å². The van der Waals surface area contributed by atoms with Gasteiger partial charge >= 0.3 is 0 Å². The lowest BCUT2D eigenvalue weighted by Gasteiger charge is -2.28. The molecule has 3 aliphatic rings. The summed E-state index contributed by atoms with van der Waals surface area (Å²) in [7, 11) is 2.35. The Hall–Kier alpha value is -1.68. The number of nitrogens with zero attached hydrogens (tertiary/aromatic N) is 2. The molecule has 116 valence electrons. The number of quaternary nitrogens is 1. The highest BCUT2D eigenvalue weighted by molar-refractivity contribution is 7.11. The molecule has 0 bridgehead atoms. The number of likely N-dealkylation sites (N-methyl/N-ethyl adjacent to an activating group) is 1. The van der Waals surface area contributed by atoms with Gasteiger partial charge in [0.2, 0.25) is 0 Å². The Labute approximate surface area is 141 Å². The predicted molar refractivity (Wildman–Crippen MR) is 98.2 cm³/mol. The molecule has 2 unspecified atom stereocenters. The van der Waals surface area contributed by atoms with E-state index in [0.29, 0.717) is 6.04 Å². The van der Waals surface area contributed by atoms with Crippen LogP contribution < -0.4 is 4.48 Å². The molecular weight excluding hydrogens is 300 g/mol. The number of benzene rings is 1. The van der Waals surface area contributed by atoms with E-state index in [1.807, 2.05) is 11.3 Å². The van der Waals surface area contributed by atoms with Crippen molar-refractivity contribution in [1.82, 2.24) is 9.38 Å². The van der Waals surface area contributed by atoms with E-state index in [2.05, 4.69) is 66.0 Å². The van der Waals surface area contributed by atoms with Gasteiger partial charge in [-0.1, -0.05) is 30.3 Å². The number of thiophene rings is 1. The fraction of sp³-hybridized carbons (Fsp3) is 0.300. The smallest absolute Gasteiger partial charge is 0.166 e. The molecule has 0 saturated carbocycles. The van der Waals surface area contributed by atoms with Crippen LogP contribution in [0.2, 0.25) is 0 Å². The third-order valence-corrected chi connectivity index (χ3v) is 6.59. The molecule has 23 heavy (non-hydrogen) atoms. The Morgan fingerprint density at radius 1 is 1.13 bits per heavy atom. The standard InChI is InChI=1S/C20H21N2S/c1-22-13-7-10-17(22)18(21-11-5-6-12-21)20-19(22)16(14-23-20)15-8-3-2-4-9-15/h2-4,7-10,13-14,18H,5-6,11-12H2,1H3/q+1. The summed E-state index contributed by atoms with van der Waals surface area (Å²) in [5, 5.41) is 2.37. The third kappa shape index (κ3) is 1.81. The van der Waals surface area contributed by atoms with Crippen molar-refractivity contribution in [2.75, 3.05) is 20.1 Å². The zero-order valence-electron chi connectivity index (χ0n) is 13.4. The fourth-order valence-corrected chi connectivity index (χ4v) is 5.76. The number of rotatable bonds is 2. The number of likely N-dealkylation sites (tertiary alicyclic amines) is 1. The SMILES string of the molecule is C[N+]12C=CC=C1C(N1CCCC1)c1scc(-c3ccccc3)c12. The average Bonchev–Trinajstić information content (AvgIpc) is 3.31. The highest BCUT2D eigenvalue weighted by Crippen LogP contribution is 2.58. The van der Waals surface area contributed by atoms with E-state index in [4.69, 9.17) is 0 Å². The van der Waals surface area contributed by atoms with Gasteiger partial charge in [0, 0.05) is 11.5 Å². The monoisotopic (exact) mass is 321 g/mol. The number of fused-ring (bicyclic) bond motifs is 3. The van der Waals surface area contributed by atoms with E-state index >= 15 is 0 Å². The van der Waals surface area contributed by atoms with E-state index in [1.54, 1.807) is 4.88 Å². The zero-order chi connectivity index (χ0) is 15.4. The first-order valence-corrected chi connectivity index (χ1v) is 9.34. The minimum absolute atomic E-state index is 0.481. The Balaban J connectivity index is 1.71. The van der Waals surface area contributed by atoms with Crippen LogP contribution in [0.4, 0.5) is 5.69 Å². The van der Waals surface area contributed by atoms with Crippen molar-refractivity contribution in [2.45, 2.75) is 18.9 Å². The molecule has 3 heteroatoms. The number of allylic oxidation sites excluding steroid dienone is 2. The zero-order valence-corrected chi connectivity index (χ0v) is 14.2. The Morgan fingerprint density at radius 2 is 1.91 bits per heavy atom. The molecule has 4 heterocycles. The maximum absolute atomic E-state index is 2.69. The highest BCUT2D eigenvalue weighted by atomic mass is 32.1. The van der Waals surface area contributed by atoms with Crippen molar-refractivity contribution in [2.24, 2.45) is 0 Å². The summed E-state index contributed by atoms with van der Waals surface area (Å²) >= 11 is 1.95. The van der Waals surface area contributed by atoms with Gasteiger partial charge in [-0.05, 0) is 37.6 Å². The first kappa shape index (κ1) is 13.7. The minimum Gasteiger partial charge on any atom is -0.287 e. The van der Waals surface area contributed by atoms with Gasteiger partial charge < -0.3 is 0 Å². The van der Waals surface area contributed by atoms with Gasteiger partial charge in [0.05, 0.1) is 17.5 Å². The van der Waals surface area contributed by atoms with Crippen LogP contribution in [0.1, 0.15) is 23.8 Å². The number of hydrogen-bond acceptors (Lipinski definition) is 2. The Morgan fingerprint density at radius 3 is 2.70 bits per heavy atom. The second-order valence-corrected chi connectivity index (χ2v) is 7.79. The molecule has 1 saturated heterocycles. The second-order valence-electron chi connectivity index (χ2n) is 6.88. The van der Waals surface area contributed by atoms with Crippen LogP contribution >= 0.6 is 11.3 Å². The molecule has 1 fully saturated rings. The lowest BCUT2D eigenvalue weighted by atomic mass is 10.1. The molecule has 1 aromatic carbocycles. The van der Waals surface area contributed by atoms with E-state index in [-0.39, 0.29) is 0 Å². The molecule has 1 aromatic heterocycles. The van der Waals surface area contributed by atoms with Crippen molar-refractivity contribution in [3.8, 4) is 11.1 Å². The van der Waals surface area contributed by atoms with Crippen molar-refractivity contribution in [3.05, 3.63) is 64.6 Å². The Kier molecular flexibility index (Phi) is 2.93. The van der Waals surface area contributed by atoms with Crippen LogP contribution in [-0.4, -0.2) is 25.0 Å². The summed E-state index contributed by atoms with van der Waals surface area (Å²) in [5.41, 5.74) is 5.78. The summed E-state index contributed by atoms with van der Waals surface area (Å²) in [6, 6.07) is 11.3. The Bertz CT molecular complexity index is 811. The summed E-state index contributed by atoms with van der Waals surface area (Å²) in [4.78, 5) is 4.25. The number of hydrogen-bond donors (Lipinski definition) is 0. The van der Waals surface area contributed by atoms with E-state index < -0.39 is 0 Å². The van der Waals surface area contributed by atoms with Gasteiger partial charge in [0.1, 0.15) is 17.9 Å². The van der Waals surface area contributed by atoms with Crippen molar-refractivity contribution >= 4 is 17.0 Å². The summed E-state index contributed by atoms with van der Waals surface area (Å²) in [6.07, 6.45) is 9.63. The molecule has 3 aliphatic heterocycles. The van der Waals surface area contributed by atoms with Crippen LogP contribution in [0.5, 0.6) is 0 Å². The van der Waals surface area contributed by atoms with Gasteiger partial charge in [-0.25, -0.2) is 4.48 Å². The van der Waals surface area contributed by atoms with Gasteiger partial charge in [-0.3, -0.25) is 4.90 Å². The predicted octanol–water partition coefficient (Wildman–Crippen LogP) is 4.91. The average molecular weight is 321 g/mol. The van der Waals surface area contributed by atoms with Crippen LogP contribution in [-0.2, 0) is 0 Å². The molecular formula is C20H21N2S+. The van der Waals surface area contributed by atoms with Gasteiger partial charge in [-0.15, -0.1) is 11.3 Å². The van der Waals surface area contributed by atoms with E-state index in [1.165, 1.54) is 48.4 Å². The maximum atomic E-state index is 2.69. The molecule has 0 amide bonds. The minimum atomic E-state index is 0.481. The first-order chi connectivity index (χ1) is 11.3. The van der Waals surface area contributed by atoms with E-state index in [9.17, 15) is 0 Å². The molecule has 2 nitrogen and oxygen atoms in total. The lowest BCUT2D eigenvalue weighted by Crippen LogP contribution is -2.37. The molecule has 0 N–H and O–H groups in total. The van der Waals surface area contributed by atoms with Crippen molar-refractivity contribution in [1.29, 1.82) is 0 Å².